The first kappa shape index (κ1) is 20.2. The van der Waals surface area contributed by atoms with Crippen LogP contribution >= 0.6 is 23.2 Å². The third-order valence-corrected chi connectivity index (χ3v) is 7.04. The molecule has 2 aliphatic heterocycles. The van der Waals surface area contributed by atoms with Crippen LogP contribution in [0, 0.1) is 0 Å². The van der Waals surface area contributed by atoms with Crippen molar-refractivity contribution in [1.82, 2.24) is 19.3 Å². The van der Waals surface area contributed by atoms with Crippen molar-refractivity contribution in [3.8, 4) is 0 Å². The normalized spacial score (nSPS) is 20.1. The Labute approximate surface area is 196 Å². The third-order valence-electron chi connectivity index (χ3n) is 6.60. The molecule has 0 saturated carbocycles. The van der Waals surface area contributed by atoms with Crippen molar-refractivity contribution in [3.05, 3.63) is 99.6 Å². The van der Waals surface area contributed by atoms with Crippen LogP contribution in [-0.4, -0.2) is 32.4 Å². The van der Waals surface area contributed by atoms with Gasteiger partial charge in [-0.1, -0.05) is 47.5 Å². The fourth-order valence-corrected chi connectivity index (χ4v) is 5.65. The molecule has 1 atom stereocenters. The molecular formula is C25H22Cl2N4O. The van der Waals surface area contributed by atoms with Crippen molar-refractivity contribution in [2.24, 2.45) is 0 Å². The summed E-state index contributed by atoms with van der Waals surface area (Å²) in [6.45, 7) is 2.70. The zero-order valence-corrected chi connectivity index (χ0v) is 18.9. The van der Waals surface area contributed by atoms with Gasteiger partial charge in [-0.2, -0.15) is 0 Å². The molecule has 1 spiro atoms. The van der Waals surface area contributed by atoms with Gasteiger partial charge >= 0.3 is 0 Å². The summed E-state index contributed by atoms with van der Waals surface area (Å²) in [6, 6.07) is 16.2. The number of halogens is 2. The van der Waals surface area contributed by atoms with Gasteiger partial charge in [-0.05, 0) is 53.8 Å². The largest absolute Gasteiger partial charge is 0.358 e. The summed E-state index contributed by atoms with van der Waals surface area (Å²) >= 11 is 12.6. The van der Waals surface area contributed by atoms with Gasteiger partial charge in [0.1, 0.15) is 6.10 Å². The van der Waals surface area contributed by atoms with Gasteiger partial charge in [0.25, 0.3) is 0 Å². The number of likely N-dealkylation sites (tertiary alicyclic amines) is 1. The molecule has 4 heterocycles. The lowest BCUT2D eigenvalue weighted by Crippen LogP contribution is -2.42. The Bertz CT molecular complexity index is 1240. The van der Waals surface area contributed by atoms with E-state index in [1.54, 1.807) is 12.3 Å². The molecule has 6 rings (SSSR count). The van der Waals surface area contributed by atoms with Crippen LogP contribution in [-0.2, 0) is 16.9 Å². The average molecular weight is 465 g/mol. The van der Waals surface area contributed by atoms with Crippen molar-refractivity contribution in [2.75, 3.05) is 13.1 Å². The van der Waals surface area contributed by atoms with E-state index in [2.05, 4.69) is 45.3 Å². The molecule has 32 heavy (non-hydrogen) atoms. The van der Waals surface area contributed by atoms with Gasteiger partial charge in [-0.3, -0.25) is 9.30 Å². The first-order valence-electron chi connectivity index (χ1n) is 10.8. The first-order chi connectivity index (χ1) is 15.6. The minimum Gasteiger partial charge on any atom is -0.358 e. The highest BCUT2D eigenvalue weighted by Gasteiger charge is 2.47. The number of piperidine rings is 1. The second-order valence-corrected chi connectivity index (χ2v) is 9.49. The van der Waals surface area contributed by atoms with Gasteiger partial charge in [-0.25, -0.2) is 9.97 Å². The molecule has 5 nitrogen and oxygen atoms in total. The van der Waals surface area contributed by atoms with Gasteiger partial charge in [0, 0.05) is 48.3 Å². The number of ether oxygens (including phenoxy) is 1. The number of rotatable bonds is 3. The molecule has 2 aliphatic rings. The molecule has 2 aromatic carbocycles. The Morgan fingerprint density at radius 3 is 2.59 bits per heavy atom. The summed E-state index contributed by atoms with van der Waals surface area (Å²) in [5.41, 5.74) is 4.27. The fourth-order valence-electron chi connectivity index (χ4n) is 5.11. The van der Waals surface area contributed by atoms with Crippen LogP contribution in [0.2, 0.25) is 10.0 Å². The van der Waals surface area contributed by atoms with Gasteiger partial charge in [0.05, 0.1) is 11.3 Å². The lowest BCUT2D eigenvalue weighted by molar-refractivity contribution is -0.0978. The highest BCUT2D eigenvalue weighted by Crippen LogP contribution is 2.51. The van der Waals surface area contributed by atoms with E-state index in [1.165, 1.54) is 11.1 Å². The molecule has 0 amide bonds. The first-order valence-corrected chi connectivity index (χ1v) is 11.6. The number of fused-ring (bicyclic) bond motifs is 3. The maximum Gasteiger partial charge on any atom is 0.233 e. The van der Waals surface area contributed by atoms with E-state index in [0.29, 0.717) is 10.0 Å². The summed E-state index contributed by atoms with van der Waals surface area (Å²) in [4.78, 5) is 11.4. The van der Waals surface area contributed by atoms with E-state index in [0.717, 1.165) is 49.5 Å². The predicted molar refractivity (Wildman–Crippen MR) is 125 cm³/mol. The monoisotopic (exact) mass is 464 g/mol. The molecule has 1 unspecified atom stereocenters. The minimum absolute atomic E-state index is 0.154. The fraction of sp³-hybridized carbons (Fsp3) is 0.280. The van der Waals surface area contributed by atoms with Crippen molar-refractivity contribution in [2.45, 2.75) is 31.1 Å². The summed E-state index contributed by atoms with van der Waals surface area (Å²) in [6.07, 6.45) is 7.52. The van der Waals surface area contributed by atoms with E-state index in [4.69, 9.17) is 27.9 Å². The lowest BCUT2D eigenvalue weighted by Gasteiger charge is -2.39. The minimum atomic E-state index is -0.285. The van der Waals surface area contributed by atoms with Gasteiger partial charge in [0.2, 0.25) is 5.78 Å². The number of hydrogen-bond acceptors (Lipinski definition) is 4. The molecule has 0 bridgehead atoms. The summed E-state index contributed by atoms with van der Waals surface area (Å²) in [5.74, 6) is 0.743. The molecule has 0 aliphatic carbocycles. The summed E-state index contributed by atoms with van der Waals surface area (Å²) in [5, 5.41) is 1.26. The Morgan fingerprint density at radius 1 is 1.03 bits per heavy atom. The second-order valence-electron chi connectivity index (χ2n) is 8.62. The number of nitrogens with zero attached hydrogens (tertiary/aromatic N) is 4. The Balaban J connectivity index is 1.24. The molecule has 1 fully saturated rings. The maximum absolute atomic E-state index is 6.83. The van der Waals surface area contributed by atoms with Gasteiger partial charge < -0.3 is 4.74 Å². The second kappa shape index (κ2) is 7.85. The molecule has 162 valence electrons. The van der Waals surface area contributed by atoms with Gasteiger partial charge in [0.15, 0.2) is 0 Å². The van der Waals surface area contributed by atoms with E-state index < -0.39 is 0 Å². The zero-order valence-electron chi connectivity index (χ0n) is 17.4. The topological polar surface area (TPSA) is 42.7 Å². The highest BCUT2D eigenvalue weighted by molar-refractivity contribution is 6.34. The molecule has 4 aromatic rings. The van der Waals surface area contributed by atoms with Crippen LogP contribution in [0.5, 0.6) is 0 Å². The van der Waals surface area contributed by atoms with Gasteiger partial charge in [-0.15, -0.1) is 0 Å². The summed E-state index contributed by atoms with van der Waals surface area (Å²) in [7, 11) is 0. The Hall–Kier alpha value is -2.44. The molecule has 0 radical (unpaired) electrons. The lowest BCUT2D eigenvalue weighted by atomic mass is 9.83. The average Bonchev–Trinajstić information content (AvgIpc) is 3.34. The van der Waals surface area contributed by atoms with E-state index >= 15 is 0 Å². The molecular weight excluding hydrogens is 443 g/mol. The van der Waals surface area contributed by atoms with Crippen molar-refractivity contribution in [1.29, 1.82) is 0 Å². The van der Waals surface area contributed by atoms with Crippen LogP contribution in [0.4, 0.5) is 0 Å². The van der Waals surface area contributed by atoms with Crippen LogP contribution in [0.25, 0.3) is 5.78 Å². The number of aromatic nitrogens is 3. The van der Waals surface area contributed by atoms with E-state index in [9.17, 15) is 0 Å². The number of hydrogen-bond donors (Lipinski definition) is 0. The Kier molecular flexibility index (Phi) is 4.95. The third kappa shape index (κ3) is 3.50. The van der Waals surface area contributed by atoms with Crippen LogP contribution < -0.4 is 0 Å². The van der Waals surface area contributed by atoms with Crippen molar-refractivity contribution >= 4 is 29.0 Å². The van der Waals surface area contributed by atoms with Crippen molar-refractivity contribution < 1.29 is 4.74 Å². The van der Waals surface area contributed by atoms with Crippen molar-refractivity contribution in [3.63, 3.8) is 0 Å². The molecule has 0 N–H and O–H groups in total. The Morgan fingerprint density at radius 2 is 1.81 bits per heavy atom. The number of benzene rings is 2. The van der Waals surface area contributed by atoms with E-state index in [-0.39, 0.29) is 11.7 Å². The quantitative estimate of drug-likeness (QED) is 0.393. The van der Waals surface area contributed by atoms with E-state index in [1.807, 2.05) is 28.8 Å². The zero-order chi connectivity index (χ0) is 21.7. The van der Waals surface area contributed by atoms with Crippen LogP contribution in [0.1, 0.15) is 41.3 Å². The standard InChI is InChI=1S/C25H22Cl2N4O/c26-18-12-17(13-19(27)14-18)23-21-4-1-2-5-22(21)25(32-23)6-10-30(11-7-25)15-20-16-31-9-3-8-28-24(31)29-20/h1-5,8-9,12-14,16,23H,6-7,10-11,15H2. The summed E-state index contributed by atoms with van der Waals surface area (Å²) < 4.78 is 8.80. The van der Waals surface area contributed by atoms with Crippen LogP contribution in [0.3, 0.4) is 0 Å². The molecule has 7 heteroatoms. The molecule has 1 saturated heterocycles. The highest BCUT2D eigenvalue weighted by atomic mass is 35.5. The number of imidazole rings is 1. The SMILES string of the molecule is Clc1cc(Cl)cc(C2OC3(CCN(Cc4cn5cccnc5n4)CC3)c3ccccc32)c1. The smallest absolute Gasteiger partial charge is 0.233 e. The van der Waals surface area contributed by atoms with Crippen LogP contribution in [0.15, 0.2) is 67.1 Å². The molecule has 2 aromatic heterocycles. The predicted octanol–water partition coefficient (Wildman–Crippen LogP) is 5.65. The maximum atomic E-state index is 6.83.